The molecule has 1 heterocycles. The number of benzene rings is 1. The fraction of sp³-hybridized carbons (Fsp3) is 0.455. The van der Waals surface area contributed by atoms with Gasteiger partial charge in [-0.25, -0.2) is 8.42 Å². The third-order valence-electron chi connectivity index (χ3n) is 2.71. The molecule has 88 valence electrons. The molecule has 0 bridgehead atoms. The zero-order chi connectivity index (χ0) is 11.8. The molecule has 1 atom stereocenters. The number of rotatable bonds is 4. The van der Waals surface area contributed by atoms with Crippen LogP contribution in [0.3, 0.4) is 0 Å². The van der Waals surface area contributed by atoms with E-state index in [1.807, 2.05) is 6.92 Å². The van der Waals surface area contributed by atoms with Crippen molar-refractivity contribution >= 4 is 25.8 Å². The molecule has 1 aliphatic rings. The smallest absolute Gasteiger partial charge is 0.178 e. The Kier molecular flexibility index (Phi) is 3.11. The van der Waals surface area contributed by atoms with Gasteiger partial charge in [0.15, 0.2) is 9.84 Å². The first-order chi connectivity index (χ1) is 7.41. The van der Waals surface area contributed by atoms with E-state index in [-0.39, 0.29) is 11.4 Å². The summed E-state index contributed by atoms with van der Waals surface area (Å²) in [5, 5.41) is 0. The molecule has 16 heavy (non-hydrogen) atoms. The molecule has 3 nitrogen and oxygen atoms in total. The highest BCUT2D eigenvalue weighted by molar-refractivity contribution is 9.10. The van der Waals surface area contributed by atoms with Crippen LogP contribution in [0.25, 0.3) is 0 Å². The molecule has 1 aromatic rings. The van der Waals surface area contributed by atoms with Crippen LogP contribution in [0.15, 0.2) is 33.6 Å². The van der Waals surface area contributed by atoms with E-state index in [1.165, 1.54) is 0 Å². The van der Waals surface area contributed by atoms with Gasteiger partial charge in [-0.05, 0) is 37.6 Å². The minimum atomic E-state index is -3.17. The van der Waals surface area contributed by atoms with E-state index in [9.17, 15) is 8.42 Å². The highest BCUT2D eigenvalue weighted by Crippen LogP contribution is 2.31. The van der Waals surface area contributed by atoms with E-state index < -0.39 is 9.84 Å². The highest BCUT2D eigenvalue weighted by atomic mass is 79.9. The summed E-state index contributed by atoms with van der Waals surface area (Å²) >= 11 is 3.28. The zero-order valence-electron chi connectivity index (χ0n) is 8.94. The Morgan fingerprint density at radius 3 is 2.44 bits per heavy atom. The summed E-state index contributed by atoms with van der Waals surface area (Å²) in [5.74, 6) is 0.144. The maximum absolute atomic E-state index is 11.9. The van der Waals surface area contributed by atoms with Crippen molar-refractivity contribution in [3.8, 4) is 0 Å². The van der Waals surface area contributed by atoms with E-state index in [1.54, 1.807) is 24.3 Å². The predicted octanol–water partition coefficient (Wildman–Crippen LogP) is 2.40. The lowest BCUT2D eigenvalue weighted by molar-refractivity contribution is 0.317. The lowest BCUT2D eigenvalue weighted by atomic mass is 10.1. The SMILES string of the molecule is CC1(CCS(=O)(=O)c2ccc(Br)cc2)CO1. The Hall–Kier alpha value is -0.390. The van der Waals surface area contributed by atoms with Crippen LogP contribution in [0.1, 0.15) is 13.3 Å². The molecule has 0 aliphatic carbocycles. The van der Waals surface area contributed by atoms with Crippen LogP contribution in [-0.2, 0) is 14.6 Å². The molecule has 0 N–H and O–H groups in total. The molecule has 1 saturated heterocycles. The van der Waals surface area contributed by atoms with Gasteiger partial charge < -0.3 is 4.74 Å². The van der Waals surface area contributed by atoms with E-state index >= 15 is 0 Å². The normalized spacial score (nSPS) is 24.4. The summed E-state index contributed by atoms with van der Waals surface area (Å²) in [6, 6.07) is 6.72. The van der Waals surface area contributed by atoms with Gasteiger partial charge in [0.2, 0.25) is 0 Å². The molecule has 1 fully saturated rings. The van der Waals surface area contributed by atoms with E-state index in [4.69, 9.17) is 4.74 Å². The summed E-state index contributed by atoms with van der Waals surface area (Å²) in [6.07, 6.45) is 0.561. The van der Waals surface area contributed by atoms with Gasteiger partial charge in [0.1, 0.15) is 0 Å². The van der Waals surface area contributed by atoms with Crippen LogP contribution in [0.4, 0.5) is 0 Å². The first-order valence-electron chi connectivity index (χ1n) is 5.04. The molecule has 1 unspecified atom stereocenters. The molecule has 0 amide bonds. The van der Waals surface area contributed by atoms with Crippen molar-refractivity contribution in [1.82, 2.24) is 0 Å². The second kappa shape index (κ2) is 4.13. The average Bonchev–Trinajstić information content (AvgIpc) is 2.96. The zero-order valence-corrected chi connectivity index (χ0v) is 11.3. The second-order valence-corrected chi connectivity index (χ2v) is 7.29. The third kappa shape index (κ3) is 2.84. The molecule has 1 aliphatic heterocycles. The molecular formula is C11H13BrO3S. The van der Waals surface area contributed by atoms with Gasteiger partial charge in [-0.1, -0.05) is 15.9 Å². The van der Waals surface area contributed by atoms with Crippen LogP contribution < -0.4 is 0 Å². The van der Waals surface area contributed by atoms with Crippen LogP contribution in [0, 0.1) is 0 Å². The van der Waals surface area contributed by atoms with Crippen LogP contribution in [0.5, 0.6) is 0 Å². The second-order valence-electron chi connectivity index (χ2n) is 4.26. The van der Waals surface area contributed by atoms with Crippen LogP contribution >= 0.6 is 15.9 Å². The quantitative estimate of drug-likeness (QED) is 0.803. The Morgan fingerprint density at radius 2 is 1.94 bits per heavy atom. The Morgan fingerprint density at radius 1 is 1.38 bits per heavy atom. The molecule has 2 rings (SSSR count). The molecule has 0 spiro atoms. The Bertz CT molecular complexity index is 474. The summed E-state index contributed by atoms with van der Waals surface area (Å²) in [7, 11) is -3.17. The number of ether oxygens (including phenoxy) is 1. The van der Waals surface area contributed by atoms with Gasteiger partial charge in [0, 0.05) is 4.47 Å². The standard InChI is InChI=1S/C11H13BrO3S/c1-11(8-15-11)6-7-16(13,14)10-4-2-9(12)3-5-10/h2-5H,6-8H2,1H3. The Labute approximate surface area is 104 Å². The van der Waals surface area contributed by atoms with Gasteiger partial charge in [0.25, 0.3) is 0 Å². The maximum atomic E-state index is 11.9. The summed E-state index contributed by atoms with van der Waals surface area (Å²) in [4.78, 5) is 0.375. The monoisotopic (exact) mass is 304 g/mol. The number of hydrogen-bond donors (Lipinski definition) is 0. The number of sulfone groups is 1. The fourth-order valence-corrected chi connectivity index (χ4v) is 3.13. The van der Waals surface area contributed by atoms with Gasteiger partial charge in [-0.3, -0.25) is 0 Å². The van der Waals surface area contributed by atoms with Gasteiger partial charge in [-0.2, -0.15) is 0 Å². The van der Waals surface area contributed by atoms with Crippen molar-refractivity contribution in [3.63, 3.8) is 0 Å². The largest absolute Gasteiger partial charge is 0.370 e. The minimum Gasteiger partial charge on any atom is -0.370 e. The van der Waals surface area contributed by atoms with E-state index in [0.29, 0.717) is 17.9 Å². The lowest BCUT2D eigenvalue weighted by Crippen LogP contribution is -2.14. The molecular weight excluding hydrogens is 292 g/mol. The topological polar surface area (TPSA) is 46.7 Å². The molecule has 0 radical (unpaired) electrons. The summed E-state index contributed by atoms with van der Waals surface area (Å²) in [6.45, 7) is 2.60. The highest BCUT2D eigenvalue weighted by Gasteiger charge is 2.39. The predicted molar refractivity (Wildman–Crippen MR) is 65.2 cm³/mol. The van der Waals surface area contributed by atoms with E-state index in [0.717, 1.165) is 4.47 Å². The van der Waals surface area contributed by atoms with Gasteiger partial charge in [0.05, 0.1) is 22.9 Å². The first-order valence-corrected chi connectivity index (χ1v) is 7.48. The van der Waals surface area contributed by atoms with Crippen molar-refractivity contribution in [2.24, 2.45) is 0 Å². The molecule has 0 aromatic heterocycles. The Balaban J connectivity index is 2.09. The van der Waals surface area contributed by atoms with Crippen LogP contribution in [0.2, 0.25) is 0 Å². The van der Waals surface area contributed by atoms with Crippen LogP contribution in [-0.4, -0.2) is 26.4 Å². The van der Waals surface area contributed by atoms with E-state index in [2.05, 4.69) is 15.9 Å². The number of halogens is 1. The molecule has 1 aromatic carbocycles. The fourth-order valence-electron chi connectivity index (χ4n) is 1.38. The van der Waals surface area contributed by atoms with Gasteiger partial charge >= 0.3 is 0 Å². The first kappa shape index (κ1) is 12.1. The summed E-state index contributed by atoms with van der Waals surface area (Å²) < 4.78 is 29.9. The maximum Gasteiger partial charge on any atom is 0.178 e. The number of epoxide rings is 1. The van der Waals surface area contributed by atoms with Crippen molar-refractivity contribution in [2.45, 2.75) is 23.8 Å². The third-order valence-corrected chi connectivity index (χ3v) is 4.97. The lowest BCUT2D eigenvalue weighted by Gasteiger charge is -2.06. The minimum absolute atomic E-state index is 0.144. The summed E-state index contributed by atoms with van der Waals surface area (Å²) in [5.41, 5.74) is -0.206. The van der Waals surface area contributed by atoms with Crippen molar-refractivity contribution in [1.29, 1.82) is 0 Å². The number of hydrogen-bond acceptors (Lipinski definition) is 3. The van der Waals surface area contributed by atoms with Gasteiger partial charge in [-0.15, -0.1) is 0 Å². The van der Waals surface area contributed by atoms with Crippen molar-refractivity contribution in [3.05, 3.63) is 28.7 Å². The van der Waals surface area contributed by atoms with Crippen molar-refractivity contribution in [2.75, 3.05) is 12.4 Å². The molecule has 0 saturated carbocycles. The van der Waals surface area contributed by atoms with Crippen molar-refractivity contribution < 1.29 is 13.2 Å². The average molecular weight is 305 g/mol. The molecule has 5 heteroatoms.